The lowest BCUT2D eigenvalue weighted by atomic mass is 9.85. The van der Waals surface area contributed by atoms with Crippen molar-refractivity contribution < 1.29 is 18.0 Å². The van der Waals surface area contributed by atoms with Crippen LogP contribution in [0, 0.1) is 11.8 Å². The lowest BCUT2D eigenvalue weighted by Gasteiger charge is -2.31. The number of hydrogen-bond donors (Lipinski definition) is 2. The quantitative estimate of drug-likeness (QED) is 0.813. The number of carbonyl (C=O) groups is 1. The molecule has 1 amide bonds. The fourth-order valence-corrected chi connectivity index (χ4v) is 2.59. The molecular formula is C13H23F3N2O. The van der Waals surface area contributed by atoms with Gasteiger partial charge in [0, 0.05) is 12.6 Å². The normalized spacial score (nSPS) is 25.9. The average Bonchev–Trinajstić information content (AvgIpc) is 2.35. The fraction of sp³-hybridized carbons (Fsp3) is 0.923. The van der Waals surface area contributed by atoms with E-state index in [0.29, 0.717) is 12.8 Å². The average molecular weight is 280 g/mol. The van der Waals surface area contributed by atoms with E-state index in [2.05, 4.69) is 5.32 Å². The van der Waals surface area contributed by atoms with Gasteiger partial charge in [-0.2, -0.15) is 13.2 Å². The van der Waals surface area contributed by atoms with Gasteiger partial charge in [-0.15, -0.1) is 0 Å². The highest BCUT2D eigenvalue weighted by molar-refractivity contribution is 5.79. The molecule has 0 aromatic rings. The lowest BCUT2D eigenvalue weighted by molar-refractivity contribution is -0.182. The van der Waals surface area contributed by atoms with Crippen LogP contribution in [0.5, 0.6) is 0 Å². The molecule has 0 aromatic carbocycles. The van der Waals surface area contributed by atoms with Gasteiger partial charge in [0.1, 0.15) is 0 Å². The van der Waals surface area contributed by atoms with Crippen molar-refractivity contribution in [1.29, 1.82) is 0 Å². The molecule has 3 nitrogen and oxygen atoms in total. The number of halogens is 3. The van der Waals surface area contributed by atoms with Crippen LogP contribution < -0.4 is 11.1 Å². The van der Waals surface area contributed by atoms with Crippen LogP contribution in [0.1, 0.15) is 45.4 Å². The molecule has 0 spiro atoms. The van der Waals surface area contributed by atoms with Crippen molar-refractivity contribution in [1.82, 2.24) is 5.32 Å². The molecule has 1 fully saturated rings. The first-order valence-electron chi connectivity index (χ1n) is 6.95. The Balaban J connectivity index is 2.38. The van der Waals surface area contributed by atoms with Crippen LogP contribution >= 0.6 is 0 Å². The van der Waals surface area contributed by atoms with Crippen LogP contribution in [-0.4, -0.2) is 24.7 Å². The SMILES string of the molecule is CCCC(CN)C(=O)NC1CCC(C(F)(F)F)CC1. The second-order valence-corrected chi connectivity index (χ2v) is 5.32. The molecule has 1 rings (SSSR count). The van der Waals surface area contributed by atoms with Gasteiger partial charge in [0.25, 0.3) is 0 Å². The van der Waals surface area contributed by atoms with Gasteiger partial charge in [0.15, 0.2) is 0 Å². The van der Waals surface area contributed by atoms with Gasteiger partial charge >= 0.3 is 6.18 Å². The third-order valence-electron chi connectivity index (χ3n) is 3.83. The Hall–Kier alpha value is -0.780. The molecule has 1 atom stereocenters. The van der Waals surface area contributed by atoms with E-state index >= 15 is 0 Å². The molecule has 0 aromatic heterocycles. The minimum absolute atomic E-state index is 0.107. The van der Waals surface area contributed by atoms with E-state index in [4.69, 9.17) is 5.73 Å². The minimum atomic E-state index is -4.10. The molecule has 1 saturated carbocycles. The molecule has 0 heterocycles. The topological polar surface area (TPSA) is 55.1 Å². The first-order chi connectivity index (χ1) is 8.88. The van der Waals surface area contributed by atoms with Gasteiger partial charge in [-0.05, 0) is 32.1 Å². The molecule has 0 bridgehead atoms. The Morgan fingerprint density at radius 3 is 2.32 bits per heavy atom. The Bertz CT molecular complexity index is 286. The maximum absolute atomic E-state index is 12.5. The Kier molecular flexibility index (Phi) is 6.10. The van der Waals surface area contributed by atoms with Crippen LogP contribution in [0.4, 0.5) is 13.2 Å². The monoisotopic (exact) mass is 280 g/mol. The van der Waals surface area contributed by atoms with Crippen LogP contribution in [0.3, 0.4) is 0 Å². The zero-order valence-electron chi connectivity index (χ0n) is 11.3. The molecule has 1 aliphatic rings. The summed E-state index contributed by atoms with van der Waals surface area (Å²) in [5.41, 5.74) is 5.53. The summed E-state index contributed by atoms with van der Waals surface area (Å²) < 4.78 is 37.5. The summed E-state index contributed by atoms with van der Waals surface area (Å²) in [5.74, 6) is -1.54. The molecular weight excluding hydrogens is 257 g/mol. The zero-order valence-corrected chi connectivity index (χ0v) is 11.3. The maximum Gasteiger partial charge on any atom is 0.391 e. The van der Waals surface area contributed by atoms with Crippen LogP contribution in [-0.2, 0) is 4.79 Å². The van der Waals surface area contributed by atoms with Crippen molar-refractivity contribution in [2.24, 2.45) is 17.6 Å². The highest BCUT2D eigenvalue weighted by Crippen LogP contribution is 2.37. The molecule has 6 heteroatoms. The minimum Gasteiger partial charge on any atom is -0.353 e. The van der Waals surface area contributed by atoms with E-state index < -0.39 is 12.1 Å². The second-order valence-electron chi connectivity index (χ2n) is 5.32. The summed E-state index contributed by atoms with van der Waals surface area (Å²) in [6.45, 7) is 2.27. The van der Waals surface area contributed by atoms with Crippen molar-refractivity contribution in [3.05, 3.63) is 0 Å². The molecule has 0 radical (unpaired) electrons. The number of nitrogens with one attached hydrogen (secondary N) is 1. The van der Waals surface area contributed by atoms with Crippen LogP contribution in [0.25, 0.3) is 0 Å². The summed E-state index contributed by atoms with van der Waals surface area (Å²) in [7, 11) is 0. The number of alkyl halides is 3. The van der Waals surface area contributed by atoms with E-state index in [0.717, 1.165) is 12.8 Å². The van der Waals surface area contributed by atoms with E-state index in [-0.39, 0.29) is 37.3 Å². The van der Waals surface area contributed by atoms with Gasteiger partial charge < -0.3 is 11.1 Å². The van der Waals surface area contributed by atoms with Crippen LogP contribution in [0.2, 0.25) is 0 Å². The summed E-state index contributed by atoms with van der Waals surface area (Å²) in [5, 5.41) is 2.84. The van der Waals surface area contributed by atoms with E-state index in [9.17, 15) is 18.0 Å². The van der Waals surface area contributed by atoms with Gasteiger partial charge in [-0.25, -0.2) is 0 Å². The number of nitrogens with two attached hydrogens (primary N) is 1. The predicted octanol–water partition coefficient (Wildman–Crippen LogP) is 2.60. The van der Waals surface area contributed by atoms with Gasteiger partial charge in [-0.3, -0.25) is 4.79 Å². The third kappa shape index (κ3) is 5.01. The molecule has 0 saturated heterocycles. The highest BCUT2D eigenvalue weighted by atomic mass is 19.4. The Morgan fingerprint density at radius 1 is 1.32 bits per heavy atom. The largest absolute Gasteiger partial charge is 0.391 e. The summed E-state index contributed by atoms with van der Waals surface area (Å²) >= 11 is 0. The van der Waals surface area contributed by atoms with Gasteiger partial charge in [0.2, 0.25) is 5.91 Å². The smallest absolute Gasteiger partial charge is 0.353 e. The predicted molar refractivity (Wildman–Crippen MR) is 67.4 cm³/mol. The summed E-state index contributed by atoms with van der Waals surface area (Å²) in [6, 6.07) is -0.128. The summed E-state index contributed by atoms with van der Waals surface area (Å²) in [6.07, 6.45) is -1.49. The van der Waals surface area contributed by atoms with Crippen molar-refractivity contribution in [3.8, 4) is 0 Å². The number of carbonyl (C=O) groups excluding carboxylic acids is 1. The second kappa shape index (κ2) is 7.12. The molecule has 3 N–H and O–H groups in total. The van der Waals surface area contributed by atoms with Gasteiger partial charge in [-0.1, -0.05) is 13.3 Å². The van der Waals surface area contributed by atoms with Crippen LogP contribution in [0.15, 0.2) is 0 Å². The van der Waals surface area contributed by atoms with E-state index in [1.807, 2.05) is 6.92 Å². The standard InChI is InChI=1S/C13H23F3N2O/c1-2-3-9(8-17)12(19)18-11-6-4-10(5-7-11)13(14,15)16/h9-11H,2-8,17H2,1H3,(H,18,19). The fourth-order valence-electron chi connectivity index (χ4n) is 2.59. The Labute approximate surface area is 112 Å². The maximum atomic E-state index is 12.5. The lowest BCUT2D eigenvalue weighted by Crippen LogP contribution is -2.44. The van der Waals surface area contributed by atoms with Gasteiger partial charge in [0.05, 0.1) is 11.8 Å². The van der Waals surface area contributed by atoms with E-state index in [1.165, 1.54) is 0 Å². The molecule has 19 heavy (non-hydrogen) atoms. The van der Waals surface area contributed by atoms with Crippen molar-refractivity contribution >= 4 is 5.91 Å². The number of rotatable bonds is 5. The first-order valence-corrected chi connectivity index (χ1v) is 6.95. The van der Waals surface area contributed by atoms with Crippen molar-refractivity contribution in [2.45, 2.75) is 57.7 Å². The Morgan fingerprint density at radius 2 is 1.89 bits per heavy atom. The summed E-state index contributed by atoms with van der Waals surface area (Å²) in [4.78, 5) is 11.9. The third-order valence-corrected chi connectivity index (χ3v) is 3.83. The van der Waals surface area contributed by atoms with Crippen molar-refractivity contribution in [3.63, 3.8) is 0 Å². The number of hydrogen-bond acceptors (Lipinski definition) is 2. The molecule has 1 aliphatic carbocycles. The molecule has 0 aliphatic heterocycles. The first kappa shape index (κ1) is 16.3. The van der Waals surface area contributed by atoms with Crippen molar-refractivity contribution in [2.75, 3.05) is 6.54 Å². The molecule has 112 valence electrons. The number of amides is 1. The van der Waals surface area contributed by atoms with E-state index in [1.54, 1.807) is 0 Å². The molecule has 1 unspecified atom stereocenters. The zero-order chi connectivity index (χ0) is 14.5. The highest BCUT2D eigenvalue weighted by Gasteiger charge is 2.41.